The molecule has 1 rings (SSSR count). The number of rotatable bonds is 6. The number of hydrogen-bond donors (Lipinski definition) is 2. The van der Waals surface area contributed by atoms with E-state index in [9.17, 15) is 14.7 Å². The molecule has 0 amide bonds. The van der Waals surface area contributed by atoms with Crippen molar-refractivity contribution < 1.29 is 24.5 Å². The van der Waals surface area contributed by atoms with E-state index < -0.39 is 24.0 Å². The third-order valence-corrected chi connectivity index (χ3v) is 2.53. The van der Waals surface area contributed by atoms with Gasteiger partial charge in [-0.05, 0) is 12.5 Å². The first kappa shape index (κ1) is 14.2. The van der Waals surface area contributed by atoms with Crippen LogP contribution in [0.2, 0.25) is 0 Å². The number of carbonyl (C=O) groups excluding carboxylic acids is 1. The molecule has 0 aromatic heterocycles. The minimum Gasteiger partial charge on any atom is -0.481 e. The lowest BCUT2D eigenvalue weighted by molar-refractivity contribution is -0.155. The van der Waals surface area contributed by atoms with Gasteiger partial charge in [-0.15, -0.1) is 0 Å². The first-order valence-electron chi connectivity index (χ1n) is 5.61. The fourth-order valence-corrected chi connectivity index (χ4v) is 1.44. The zero-order valence-electron chi connectivity index (χ0n) is 10.1. The molecule has 5 heteroatoms. The summed E-state index contributed by atoms with van der Waals surface area (Å²) in [7, 11) is 0. The molecule has 98 valence electrons. The first-order chi connectivity index (χ1) is 8.50. The number of carboxylic acids is 1. The van der Waals surface area contributed by atoms with Crippen molar-refractivity contribution in [2.45, 2.75) is 26.1 Å². The van der Waals surface area contributed by atoms with Crippen molar-refractivity contribution >= 4 is 11.9 Å². The van der Waals surface area contributed by atoms with E-state index in [1.165, 1.54) is 6.92 Å². The molecule has 0 spiro atoms. The number of carboxylic acid groups (broad SMARTS) is 1. The second-order valence-corrected chi connectivity index (χ2v) is 4.04. The monoisotopic (exact) mass is 252 g/mol. The average molecular weight is 252 g/mol. The van der Waals surface area contributed by atoms with E-state index in [1.807, 2.05) is 18.2 Å². The van der Waals surface area contributed by atoms with E-state index >= 15 is 0 Å². The van der Waals surface area contributed by atoms with Crippen molar-refractivity contribution in [3.8, 4) is 0 Å². The van der Waals surface area contributed by atoms with Gasteiger partial charge in [-0.25, -0.2) is 0 Å². The third kappa shape index (κ3) is 4.55. The van der Waals surface area contributed by atoms with Crippen LogP contribution in [0.15, 0.2) is 30.3 Å². The fourth-order valence-electron chi connectivity index (χ4n) is 1.44. The van der Waals surface area contributed by atoms with Crippen LogP contribution in [-0.4, -0.2) is 28.3 Å². The van der Waals surface area contributed by atoms with Crippen molar-refractivity contribution in [2.75, 3.05) is 0 Å². The number of aliphatic carboxylic acids is 1. The summed E-state index contributed by atoms with van der Waals surface area (Å²) in [5.74, 6) is -2.97. The number of ether oxygens (including phenoxy) is 1. The zero-order valence-corrected chi connectivity index (χ0v) is 10.1. The lowest BCUT2D eigenvalue weighted by Gasteiger charge is -2.14. The molecule has 0 heterocycles. The van der Waals surface area contributed by atoms with Crippen LogP contribution < -0.4 is 0 Å². The summed E-state index contributed by atoms with van der Waals surface area (Å²) in [4.78, 5) is 22.2. The van der Waals surface area contributed by atoms with Gasteiger partial charge < -0.3 is 14.9 Å². The summed E-state index contributed by atoms with van der Waals surface area (Å²) in [6, 6.07) is 9.09. The average Bonchev–Trinajstić information content (AvgIpc) is 2.34. The highest BCUT2D eigenvalue weighted by Crippen LogP contribution is 2.11. The number of carbonyl (C=O) groups is 2. The molecule has 0 saturated heterocycles. The largest absolute Gasteiger partial charge is 0.481 e. The molecule has 0 bridgehead atoms. The quantitative estimate of drug-likeness (QED) is 0.743. The van der Waals surface area contributed by atoms with E-state index in [-0.39, 0.29) is 13.0 Å². The molecule has 18 heavy (non-hydrogen) atoms. The summed E-state index contributed by atoms with van der Waals surface area (Å²) in [6.45, 7) is 1.44. The lowest BCUT2D eigenvalue weighted by atomic mass is 10.0. The molecular formula is C13H16O5. The van der Waals surface area contributed by atoms with Crippen molar-refractivity contribution in [1.82, 2.24) is 0 Å². The molecule has 0 radical (unpaired) electrons. The molecule has 0 fully saturated rings. The van der Waals surface area contributed by atoms with Crippen molar-refractivity contribution in [1.29, 1.82) is 0 Å². The van der Waals surface area contributed by atoms with Gasteiger partial charge in [0.2, 0.25) is 0 Å². The Balaban J connectivity index is 2.44. The van der Waals surface area contributed by atoms with E-state index in [4.69, 9.17) is 9.84 Å². The Morgan fingerprint density at radius 2 is 1.89 bits per heavy atom. The predicted octanol–water partition coefficient (Wildman–Crippen LogP) is 1.20. The summed E-state index contributed by atoms with van der Waals surface area (Å²) < 4.78 is 4.95. The molecule has 1 aromatic carbocycles. The van der Waals surface area contributed by atoms with E-state index in [0.717, 1.165) is 5.56 Å². The summed E-state index contributed by atoms with van der Waals surface area (Å²) in [5.41, 5.74) is 0.828. The molecule has 0 aliphatic heterocycles. The third-order valence-electron chi connectivity index (χ3n) is 2.53. The number of aliphatic hydroxyl groups is 1. The highest BCUT2D eigenvalue weighted by atomic mass is 16.5. The van der Waals surface area contributed by atoms with E-state index in [1.54, 1.807) is 12.1 Å². The van der Waals surface area contributed by atoms with Crippen molar-refractivity contribution in [2.24, 2.45) is 5.92 Å². The van der Waals surface area contributed by atoms with Crippen LogP contribution in [0.1, 0.15) is 18.9 Å². The molecule has 1 aromatic rings. The molecular weight excluding hydrogens is 236 g/mol. The van der Waals surface area contributed by atoms with Crippen LogP contribution in [0.25, 0.3) is 0 Å². The Hall–Kier alpha value is -1.88. The Morgan fingerprint density at radius 3 is 2.39 bits per heavy atom. The normalized spacial score (nSPS) is 13.7. The summed E-state index contributed by atoms with van der Waals surface area (Å²) >= 11 is 0. The Labute approximate surface area is 105 Å². The smallest absolute Gasteiger partial charge is 0.309 e. The second-order valence-electron chi connectivity index (χ2n) is 4.04. The fraction of sp³-hybridized carbons (Fsp3) is 0.385. The maximum Gasteiger partial charge on any atom is 0.309 e. The summed E-state index contributed by atoms with van der Waals surface area (Å²) in [6.07, 6.45) is -1.42. The molecule has 0 aliphatic rings. The lowest BCUT2D eigenvalue weighted by Crippen LogP contribution is -2.28. The number of esters is 1. The molecule has 0 aliphatic carbocycles. The van der Waals surface area contributed by atoms with Crippen LogP contribution in [-0.2, 0) is 20.9 Å². The first-order valence-corrected chi connectivity index (χ1v) is 5.61. The molecule has 0 unspecified atom stereocenters. The van der Waals surface area contributed by atoms with Crippen LogP contribution in [0.3, 0.4) is 0 Å². The number of aliphatic hydroxyl groups excluding tert-OH is 1. The Kier molecular flexibility index (Phi) is 5.32. The van der Waals surface area contributed by atoms with Gasteiger partial charge in [-0.2, -0.15) is 0 Å². The van der Waals surface area contributed by atoms with Gasteiger partial charge in [0.1, 0.15) is 6.61 Å². The van der Waals surface area contributed by atoms with Crippen molar-refractivity contribution in [3.05, 3.63) is 35.9 Å². The molecule has 2 N–H and O–H groups in total. The van der Waals surface area contributed by atoms with Gasteiger partial charge in [-0.3, -0.25) is 9.59 Å². The predicted molar refractivity (Wildman–Crippen MR) is 63.7 cm³/mol. The highest BCUT2D eigenvalue weighted by Gasteiger charge is 2.26. The SMILES string of the molecule is C[C@@H](O)[C@@H](CC(=O)OCc1ccccc1)C(=O)O. The minimum absolute atomic E-state index is 0.103. The second kappa shape index (κ2) is 6.76. The topological polar surface area (TPSA) is 83.8 Å². The van der Waals surface area contributed by atoms with Gasteiger partial charge in [0.05, 0.1) is 18.4 Å². The van der Waals surface area contributed by atoms with Gasteiger partial charge in [0.15, 0.2) is 0 Å². The van der Waals surface area contributed by atoms with Crippen LogP contribution in [0.4, 0.5) is 0 Å². The Bertz CT molecular complexity index is 399. The minimum atomic E-state index is -1.21. The van der Waals surface area contributed by atoms with E-state index in [0.29, 0.717) is 0 Å². The summed E-state index contributed by atoms with van der Waals surface area (Å²) in [5, 5.41) is 18.0. The molecule has 5 nitrogen and oxygen atoms in total. The number of benzene rings is 1. The van der Waals surface area contributed by atoms with Gasteiger partial charge in [0.25, 0.3) is 0 Å². The van der Waals surface area contributed by atoms with E-state index in [2.05, 4.69) is 0 Å². The Morgan fingerprint density at radius 1 is 1.28 bits per heavy atom. The van der Waals surface area contributed by atoms with Gasteiger partial charge in [0, 0.05) is 0 Å². The maximum absolute atomic E-state index is 11.4. The van der Waals surface area contributed by atoms with Crippen LogP contribution in [0, 0.1) is 5.92 Å². The zero-order chi connectivity index (χ0) is 13.5. The van der Waals surface area contributed by atoms with Crippen molar-refractivity contribution in [3.63, 3.8) is 0 Å². The molecule has 0 saturated carbocycles. The van der Waals surface area contributed by atoms with Crippen LogP contribution in [0.5, 0.6) is 0 Å². The number of hydrogen-bond acceptors (Lipinski definition) is 4. The van der Waals surface area contributed by atoms with Crippen LogP contribution >= 0.6 is 0 Å². The van der Waals surface area contributed by atoms with Gasteiger partial charge in [-0.1, -0.05) is 30.3 Å². The maximum atomic E-state index is 11.4. The standard InChI is InChI=1S/C13H16O5/c1-9(14)11(13(16)17)7-12(15)18-8-10-5-3-2-4-6-10/h2-6,9,11,14H,7-8H2,1H3,(H,16,17)/t9-,11-/m1/s1. The highest BCUT2D eigenvalue weighted by molar-refractivity contribution is 5.79. The molecule has 2 atom stereocenters. The van der Waals surface area contributed by atoms with Gasteiger partial charge >= 0.3 is 11.9 Å².